The fourth-order valence-corrected chi connectivity index (χ4v) is 3.26. The van der Waals surface area contributed by atoms with Crippen LogP contribution in [0.4, 0.5) is 0 Å². The first-order valence-corrected chi connectivity index (χ1v) is 7.99. The predicted molar refractivity (Wildman–Crippen MR) is 100.0 cm³/mol. The van der Waals surface area contributed by atoms with Crippen molar-refractivity contribution in [3.05, 3.63) is 29.6 Å². The van der Waals surface area contributed by atoms with Crippen LogP contribution < -0.4 is 5.32 Å². The van der Waals surface area contributed by atoms with Crippen LogP contribution in [0.1, 0.15) is 36.8 Å². The molecule has 2 heterocycles. The van der Waals surface area contributed by atoms with Crippen LogP contribution in [-0.4, -0.2) is 33.3 Å². The SMILES string of the molecule is Cc1ccc2c(ncn2CCC[C@H]2NCCC[C@@H]2O)c1C.Cl.Cl. The molecule has 6 heteroatoms. The number of benzene rings is 1. The summed E-state index contributed by atoms with van der Waals surface area (Å²) in [6.07, 6.45) is 5.87. The normalized spacial score (nSPS) is 20.8. The zero-order valence-corrected chi connectivity index (χ0v) is 15.4. The van der Waals surface area contributed by atoms with Gasteiger partial charge in [-0.3, -0.25) is 0 Å². The summed E-state index contributed by atoms with van der Waals surface area (Å²) in [4.78, 5) is 4.56. The molecule has 1 aliphatic rings. The Balaban J connectivity index is 0.00000132. The monoisotopic (exact) mass is 359 g/mol. The van der Waals surface area contributed by atoms with E-state index in [-0.39, 0.29) is 37.0 Å². The highest BCUT2D eigenvalue weighted by atomic mass is 35.5. The number of halogens is 2. The van der Waals surface area contributed by atoms with Crippen molar-refractivity contribution in [2.24, 2.45) is 0 Å². The minimum Gasteiger partial charge on any atom is -0.392 e. The maximum Gasteiger partial charge on any atom is 0.0958 e. The number of rotatable bonds is 4. The van der Waals surface area contributed by atoms with Gasteiger partial charge in [-0.05, 0) is 63.3 Å². The molecule has 3 rings (SSSR count). The maximum absolute atomic E-state index is 9.98. The van der Waals surface area contributed by atoms with Gasteiger partial charge in [0.05, 0.1) is 23.5 Å². The van der Waals surface area contributed by atoms with Gasteiger partial charge in [-0.15, -0.1) is 24.8 Å². The maximum atomic E-state index is 9.98. The number of nitrogens with one attached hydrogen (secondary N) is 1. The average molecular weight is 360 g/mol. The average Bonchev–Trinajstić information content (AvgIpc) is 2.89. The van der Waals surface area contributed by atoms with Crippen molar-refractivity contribution in [2.75, 3.05) is 6.54 Å². The highest BCUT2D eigenvalue weighted by molar-refractivity contribution is 5.85. The molecule has 0 bridgehead atoms. The van der Waals surface area contributed by atoms with Crippen molar-refractivity contribution in [1.82, 2.24) is 14.9 Å². The van der Waals surface area contributed by atoms with Crippen molar-refractivity contribution >= 4 is 35.8 Å². The molecule has 2 atom stereocenters. The molecule has 0 amide bonds. The van der Waals surface area contributed by atoms with Crippen LogP contribution in [0.2, 0.25) is 0 Å². The van der Waals surface area contributed by atoms with Gasteiger partial charge in [-0.25, -0.2) is 4.98 Å². The summed E-state index contributed by atoms with van der Waals surface area (Å²) in [6, 6.07) is 4.60. The van der Waals surface area contributed by atoms with E-state index in [2.05, 4.69) is 40.8 Å². The second-order valence-corrected chi connectivity index (χ2v) is 6.23. The van der Waals surface area contributed by atoms with Crippen molar-refractivity contribution in [3.8, 4) is 0 Å². The summed E-state index contributed by atoms with van der Waals surface area (Å²) in [7, 11) is 0. The third-order valence-electron chi connectivity index (χ3n) is 4.78. The Morgan fingerprint density at radius 3 is 2.83 bits per heavy atom. The first-order valence-electron chi connectivity index (χ1n) is 7.99. The zero-order chi connectivity index (χ0) is 14.8. The summed E-state index contributed by atoms with van der Waals surface area (Å²) in [6.45, 7) is 6.26. The first-order chi connectivity index (χ1) is 10.2. The number of aliphatic hydroxyl groups excluding tert-OH is 1. The van der Waals surface area contributed by atoms with Gasteiger partial charge in [0, 0.05) is 12.6 Å². The number of aryl methyl sites for hydroxylation is 3. The lowest BCUT2D eigenvalue weighted by Gasteiger charge is -2.29. The van der Waals surface area contributed by atoms with Crippen LogP contribution in [0.3, 0.4) is 0 Å². The quantitative estimate of drug-likeness (QED) is 0.879. The first kappa shape index (κ1) is 20.2. The third kappa shape index (κ3) is 4.38. The van der Waals surface area contributed by atoms with Gasteiger partial charge in [0.1, 0.15) is 0 Å². The number of piperidine rings is 1. The van der Waals surface area contributed by atoms with Gasteiger partial charge in [-0.2, -0.15) is 0 Å². The molecule has 0 spiro atoms. The minimum absolute atomic E-state index is 0. The van der Waals surface area contributed by atoms with Crippen molar-refractivity contribution in [2.45, 2.75) is 58.2 Å². The van der Waals surface area contributed by atoms with Gasteiger partial charge in [0.15, 0.2) is 0 Å². The summed E-state index contributed by atoms with van der Waals surface area (Å²) in [5, 5.41) is 13.4. The Labute approximate surface area is 150 Å². The van der Waals surface area contributed by atoms with E-state index in [4.69, 9.17) is 0 Å². The largest absolute Gasteiger partial charge is 0.392 e. The van der Waals surface area contributed by atoms with Crippen molar-refractivity contribution in [3.63, 3.8) is 0 Å². The molecule has 1 aromatic carbocycles. The van der Waals surface area contributed by atoms with Crippen LogP contribution in [0.25, 0.3) is 11.0 Å². The highest BCUT2D eigenvalue weighted by Gasteiger charge is 2.21. The minimum atomic E-state index is -0.178. The molecule has 1 fully saturated rings. The topological polar surface area (TPSA) is 50.1 Å². The molecule has 0 radical (unpaired) electrons. The van der Waals surface area contributed by atoms with E-state index in [0.29, 0.717) is 0 Å². The van der Waals surface area contributed by atoms with Crippen LogP contribution in [0, 0.1) is 13.8 Å². The van der Waals surface area contributed by atoms with Gasteiger partial charge >= 0.3 is 0 Å². The zero-order valence-electron chi connectivity index (χ0n) is 13.8. The molecule has 0 saturated carbocycles. The molecule has 1 aromatic heterocycles. The molecule has 2 N–H and O–H groups in total. The molecule has 1 saturated heterocycles. The Morgan fingerprint density at radius 2 is 2.09 bits per heavy atom. The number of hydrogen-bond donors (Lipinski definition) is 2. The Kier molecular flexibility index (Phi) is 7.81. The lowest BCUT2D eigenvalue weighted by atomic mass is 9.97. The number of hydrogen-bond acceptors (Lipinski definition) is 3. The summed E-state index contributed by atoms with van der Waals surface area (Å²) in [5.41, 5.74) is 4.90. The molecule has 0 aliphatic carbocycles. The fraction of sp³-hybridized carbons (Fsp3) is 0.588. The van der Waals surface area contributed by atoms with E-state index < -0.39 is 0 Å². The molecule has 4 nitrogen and oxygen atoms in total. The number of aromatic nitrogens is 2. The standard InChI is InChI=1S/C17H25N3O.2ClH/c1-12-7-8-15-17(13(12)2)19-11-20(15)10-4-5-14-16(21)6-3-9-18-14;;/h7-8,11,14,16,18,21H,3-6,9-10H2,1-2H3;2*1H/t14-,16+;;/m1../s1. The van der Waals surface area contributed by atoms with E-state index in [9.17, 15) is 5.11 Å². The summed E-state index contributed by atoms with van der Waals surface area (Å²) in [5.74, 6) is 0. The van der Waals surface area contributed by atoms with Crippen LogP contribution in [0.15, 0.2) is 18.5 Å². The van der Waals surface area contributed by atoms with E-state index in [1.807, 2.05) is 6.33 Å². The van der Waals surface area contributed by atoms with Crippen LogP contribution in [-0.2, 0) is 6.54 Å². The van der Waals surface area contributed by atoms with E-state index in [1.165, 1.54) is 16.6 Å². The number of aliphatic hydroxyl groups is 1. The van der Waals surface area contributed by atoms with E-state index >= 15 is 0 Å². The lowest BCUT2D eigenvalue weighted by molar-refractivity contribution is 0.0909. The summed E-state index contributed by atoms with van der Waals surface area (Å²) < 4.78 is 2.23. The lowest BCUT2D eigenvalue weighted by Crippen LogP contribution is -2.44. The van der Waals surface area contributed by atoms with Gasteiger partial charge < -0.3 is 15.0 Å². The fourth-order valence-electron chi connectivity index (χ4n) is 3.26. The van der Waals surface area contributed by atoms with Crippen molar-refractivity contribution < 1.29 is 5.11 Å². The van der Waals surface area contributed by atoms with E-state index in [1.54, 1.807) is 0 Å². The summed E-state index contributed by atoms with van der Waals surface area (Å²) >= 11 is 0. The second-order valence-electron chi connectivity index (χ2n) is 6.23. The predicted octanol–water partition coefficient (Wildman–Crippen LogP) is 3.39. The smallest absolute Gasteiger partial charge is 0.0958 e. The molecular formula is C17H27Cl2N3O. The van der Waals surface area contributed by atoms with E-state index in [0.717, 1.165) is 44.3 Å². The Bertz CT molecular complexity index is 630. The van der Waals surface area contributed by atoms with Gasteiger partial charge in [0.2, 0.25) is 0 Å². The third-order valence-corrected chi connectivity index (χ3v) is 4.78. The molecule has 0 unspecified atom stereocenters. The molecule has 2 aromatic rings. The molecular weight excluding hydrogens is 333 g/mol. The van der Waals surface area contributed by atoms with Gasteiger partial charge in [-0.1, -0.05) is 6.07 Å². The molecule has 130 valence electrons. The van der Waals surface area contributed by atoms with Crippen molar-refractivity contribution in [1.29, 1.82) is 0 Å². The molecule has 23 heavy (non-hydrogen) atoms. The van der Waals surface area contributed by atoms with Crippen LogP contribution >= 0.6 is 24.8 Å². The van der Waals surface area contributed by atoms with Crippen LogP contribution in [0.5, 0.6) is 0 Å². The number of fused-ring (bicyclic) bond motifs is 1. The number of nitrogens with zero attached hydrogens (tertiary/aromatic N) is 2. The highest BCUT2D eigenvalue weighted by Crippen LogP contribution is 2.21. The molecule has 1 aliphatic heterocycles. The number of imidazole rings is 1. The second kappa shape index (κ2) is 8.88. The van der Waals surface area contributed by atoms with Gasteiger partial charge in [0.25, 0.3) is 0 Å². The Morgan fingerprint density at radius 1 is 1.30 bits per heavy atom. The Hall–Kier alpha value is -0.810.